The number of nitrogens with two attached hydrogens (primary N) is 2. The first kappa shape index (κ1) is 13.0. The number of carbonyl (C=O) groups is 1. The zero-order valence-electron chi connectivity index (χ0n) is 9.93. The van der Waals surface area contributed by atoms with Gasteiger partial charge in [-0.15, -0.1) is 0 Å². The lowest BCUT2D eigenvalue weighted by molar-refractivity contribution is -0.118. The number of nitrogens with one attached hydrogen (secondary N) is 1. The zero-order chi connectivity index (χ0) is 12.8. The summed E-state index contributed by atoms with van der Waals surface area (Å²) in [6.07, 6.45) is 2.17. The van der Waals surface area contributed by atoms with Gasteiger partial charge in [0.2, 0.25) is 11.8 Å². The molecule has 0 bridgehead atoms. The second-order valence-corrected chi connectivity index (χ2v) is 3.56. The average molecular weight is 239 g/mol. The normalized spacial score (nSPS) is 11.9. The summed E-state index contributed by atoms with van der Waals surface area (Å²) < 4.78 is 5.34. The number of nitrogens with zero attached hydrogens (tertiary/aromatic N) is 2. The van der Waals surface area contributed by atoms with Gasteiger partial charge in [0, 0.05) is 0 Å². The molecule has 1 heterocycles. The van der Waals surface area contributed by atoms with Crippen LogP contribution in [0, 0.1) is 0 Å². The number of aromatic nitrogens is 2. The highest BCUT2D eigenvalue weighted by atomic mass is 16.5. The number of nitrogen functional groups attached to an aromatic ring is 1. The van der Waals surface area contributed by atoms with Gasteiger partial charge in [0.15, 0.2) is 5.82 Å². The van der Waals surface area contributed by atoms with Crippen LogP contribution in [0.3, 0.4) is 0 Å². The van der Waals surface area contributed by atoms with E-state index in [0.717, 1.165) is 6.42 Å². The highest BCUT2D eigenvalue weighted by Gasteiger charge is 2.14. The van der Waals surface area contributed by atoms with Crippen molar-refractivity contribution in [3.63, 3.8) is 0 Å². The van der Waals surface area contributed by atoms with Crippen molar-refractivity contribution >= 4 is 17.4 Å². The van der Waals surface area contributed by atoms with Crippen molar-refractivity contribution in [1.29, 1.82) is 0 Å². The Morgan fingerprint density at radius 2 is 2.29 bits per heavy atom. The maximum atomic E-state index is 10.9. The first-order valence-electron chi connectivity index (χ1n) is 5.35. The van der Waals surface area contributed by atoms with Crippen molar-refractivity contribution < 1.29 is 9.53 Å². The van der Waals surface area contributed by atoms with Crippen molar-refractivity contribution in [3.8, 4) is 5.88 Å². The molecular formula is C10H17N5O2. The van der Waals surface area contributed by atoms with E-state index < -0.39 is 11.9 Å². The third kappa shape index (κ3) is 3.47. The van der Waals surface area contributed by atoms with Crippen LogP contribution in [0.2, 0.25) is 0 Å². The molecular weight excluding hydrogens is 222 g/mol. The third-order valence-corrected chi connectivity index (χ3v) is 2.07. The summed E-state index contributed by atoms with van der Waals surface area (Å²) in [4.78, 5) is 18.8. The molecule has 0 radical (unpaired) electrons. The molecule has 1 amide bonds. The fourth-order valence-electron chi connectivity index (χ4n) is 1.08. The van der Waals surface area contributed by atoms with Crippen LogP contribution in [-0.4, -0.2) is 28.5 Å². The summed E-state index contributed by atoms with van der Waals surface area (Å²) >= 11 is 0. The molecule has 1 atom stereocenters. The molecule has 0 fully saturated rings. The van der Waals surface area contributed by atoms with Crippen LogP contribution >= 0.6 is 0 Å². The Morgan fingerprint density at radius 1 is 1.59 bits per heavy atom. The number of primary amides is 1. The molecule has 1 aromatic rings. The van der Waals surface area contributed by atoms with Crippen LogP contribution in [-0.2, 0) is 4.79 Å². The molecule has 5 N–H and O–H groups in total. The largest absolute Gasteiger partial charge is 0.476 e. The molecule has 1 rings (SSSR count). The van der Waals surface area contributed by atoms with Gasteiger partial charge in [0.05, 0.1) is 6.61 Å². The minimum Gasteiger partial charge on any atom is -0.476 e. The van der Waals surface area contributed by atoms with Crippen LogP contribution < -0.4 is 21.5 Å². The van der Waals surface area contributed by atoms with Gasteiger partial charge in [-0.3, -0.25) is 4.79 Å². The van der Waals surface area contributed by atoms with E-state index in [-0.39, 0.29) is 5.69 Å². The Balaban J connectivity index is 2.82. The van der Waals surface area contributed by atoms with Gasteiger partial charge in [-0.05, 0) is 13.3 Å². The Hall–Kier alpha value is -2.05. The molecule has 0 aliphatic heterocycles. The minimum absolute atomic E-state index is 0.272. The van der Waals surface area contributed by atoms with Gasteiger partial charge < -0.3 is 21.5 Å². The number of anilines is 2. The molecule has 0 saturated heterocycles. The summed E-state index contributed by atoms with van der Waals surface area (Å²) in [6.45, 7) is 4.12. The third-order valence-electron chi connectivity index (χ3n) is 2.07. The average Bonchev–Trinajstić information content (AvgIpc) is 2.30. The highest BCUT2D eigenvalue weighted by molar-refractivity contribution is 5.83. The zero-order valence-corrected chi connectivity index (χ0v) is 9.93. The molecule has 0 spiro atoms. The lowest BCUT2D eigenvalue weighted by Crippen LogP contribution is -2.33. The van der Waals surface area contributed by atoms with Crippen molar-refractivity contribution in [2.45, 2.75) is 26.3 Å². The highest BCUT2D eigenvalue weighted by Crippen LogP contribution is 2.24. The standard InChI is InChI=1S/C10H17N5O2/c1-3-4-17-10-7(11)9(13-5-14-10)15-6(2)8(12)16/h5-6H,3-4,11H2,1-2H3,(H2,12,16)(H,13,14,15). The van der Waals surface area contributed by atoms with Gasteiger partial charge in [0.1, 0.15) is 18.1 Å². The molecule has 0 aliphatic rings. The van der Waals surface area contributed by atoms with Crippen molar-refractivity contribution in [1.82, 2.24) is 9.97 Å². The Kier molecular flexibility index (Phi) is 4.50. The Bertz CT molecular complexity index is 396. The van der Waals surface area contributed by atoms with Crippen LogP contribution in [0.4, 0.5) is 11.5 Å². The SMILES string of the molecule is CCCOc1ncnc(NC(C)C(N)=O)c1N. The van der Waals surface area contributed by atoms with E-state index in [4.69, 9.17) is 16.2 Å². The maximum absolute atomic E-state index is 10.9. The molecule has 1 aromatic heterocycles. The summed E-state index contributed by atoms with van der Waals surface area (Å²) in [7, 11) is 0. The fourth-order valence-corrected chi connectivity index (χ4v) is 1.08. The lowest BCUT2D eigenvalue weighted by Gasteiger charge is -2.14. The molecule has 17 heavy (non-hydrogen) atoms. The molecule has 94 valence electrons. The number of hydrogen-bond donors (Lipinski definition) is 3. The first-order chi connectivity index (χ1) is 8.06. The van der Waals surface area contributed by atoms with E-state index in [0.29, 0.717) is 18.3 Å². The van der Waals surface area contributed by atoms with E-state index in [2.05, 4.69) is 15.3 Å². The van der Waals surface area contributed by atoms with Crippen molar-refractivity contribution in [2.24, 2.45) is 5.73 Å². The Labute approximate surface area is 99.6 Å². The van der Waals surface area contributed by atoms with E-state index in [1.54, 1.807) is 6.92 Å². The Morgan fingerprint density at radius 3 is 2.88 bits per heavy atom. The first-order valence-corrected chi connectivity index (χ1v) is 5.35. The lowest BCUT2D eigenvalue weighted by atomic mass is 10.3. The van der Waals surface area contributed by atoms with Crippen LogP contribution in [0.5, 0.6) is 5.88 Å². The van der Waals surface area contributed by atoms with E-state index >= 15 is 0 Å². The van der Waals surface area contributed by atoms with Gasteiger partial charge in [0.25, 0.3) is 0 Å². The second kappa shape index (κ2) is 5.88. The number of ether oxygens (including phenoxy) is 1. The predicted molar refractivity (Wildman–Crippen MR) is 64.5 cm³/mol. The minimum atomic E-state index is -0.564. The molecule has 1 unspecified atom stereocenters. The smallest absolute Gasteiger partial charge is 0.242 e. The monoisotopic (exact) mass is 239 g/mol. The number of carbonyl (C=O) groups excluding carboxylic acids is 1. The van der Waals surface area contributed by atoms with E-state index in [9.17, 15) is 4.79 Å². The van der Waals surface area contributed by atoms with Gasteiger partial charge >= 0.3 is 0 Å². The van der Waals surface area contributed by atoms with E-state index in [1.807, 2.05) is 6.92 Å². The topological polar surface area (TPSA) is 116 Å². The van der Waals surface area contributed by atoms with Crippen LogP contribution in [0.25, 0.3) is 0 Å². The number of rotatable bonds is 6. The number of hydrogen-bond acceptors (Lipinski definition) is 6. The molecule has 0 saturated carbocycles. The number of amides is 1. The van der Waals surface area contributed by atoms with Crippen LogP contribution in [0.1, 0.15) is 20.3 Å². The summed E-state index contributed by atoms with van der Waals surface area (Å²) in [5.41, 5.74) is 11.2. The molecule has 7 heteroatoms. The second-order valence-electron chi connectivity index (χ2n) is 3.56. The predicted octanol–water partition coefficient (Wildman–Crippen LogP) is 0.133. The van der Waals surface area contributed by atoms with Gasteiger partial charge in [-0.1, -0.05) is 6.92 Å². The quantitative estimate of drug-likeness (QED) is 0.650. The molecule has 0 aromatic carbocycles. The van der Waals surface area contributed by atoms with Crippen molar-refractivity contribution in [3.05, 3.63) is 6.33 Å². The fraction of sp³-hybridized carbons (Fsp3) is 0.500. The van der Waals surface area contributed by atoms with E-state index in [1.165, 1.54) is 6.33 Å². The van der Waals surface area contributed by atoms with Gasteiger partial charge in [-0.2, -0.15) is 4.98 Å². The van der Waals surface area contributed by atoms with Crippen molar-refractivity contribution in [2.75, 3.05) is 17.7 Å². The van der Waals surface area contributed by atoms with Gasteiger partial charge in [-0.25, -0.2) is 4.98 Å². The summed E-state index contributed by atoms with van der Waals surface area (Å²) in [6, 6.07) is -0.564. The van der Waals surface area contributed by atoms with Crippen LogP contribution in [0.15, 0.2) is 6.33 Å². The maximum Gasteiger partial charge on any atom is 0.242 e. The summed E-state index contributed by atoms with van der Waals surface area (Å²) in [5, 5.41) is 2.80. The molecule has 7 nitrogen and oxygen atoms in total. The summed E-state index contributed by atoms with van der Waals surface area (Å²) in [5.74, 6) is 0.164. The molecule has 0 aliphatic carbocycles.